The molecule has 2 saturated heterocycles. The minimum Gasteiger partial charge on any atom is -0.489 e. The largest absolute Gasteiger partial charge is 0.489 e. The number of halogens is 3. The van der Waals surface area contributed by atoms with E-state index in [9.17, 15) is 27.6 Å². The SMILES string of the molecule is C=C1CCC(N2C(=O)c3ccc(OC4CN(CC#Cc5ccc(OC6CC(Oc7ncc(-c8ccc9c%10cnccc%10n(C)c9c8)cc7C(F)(F)F)C6)cn5)C4)cc3C2=O)C(=O)N1. The molecular weight excluding hydrogens is 816 g/mol. The van der Waals surface area contributed by atoms with Crippen molar-refractivity contribution in [3.05, 3.63) is 120 Å². The van der Waals surface area contributed by atoms with Crippen LogP contribution in [-0.4, -0.2) is 91.0 Å². The summed E-state index contributed by atoms with van der Waals surface area (Å²) in [4.78, 5) is 54.6. The van der Waals surface area contributed by atoms with Crippen molar-refractivity contribution in [3.8, 4) is 40.3 Å². The zero-order valence-corrected chi connectivity index (χ0v) is 33.8. The molecule has 63 heavy (non-hydrogen) atoms. The number of alkyl halides is 3. The van der Waals surface area contributed by atoms with Gasteiger partial charge in [-0.1, -0.05) is 24.6 Å². The van der Waals surface area contributed by atoms with E-state index in [0.29, 0.717) is 79.3 Å². The van der Waals surface area contributed by atoms with Crippen LogP contribution in [0.25, 0.3) is 32.9 Å². The fourth-order valence-corrected chi connectivity index (χ4v) is 8.49. The first-order chi connectivity index (χ1) is 30.4. The average Bonchev–Trinajstić information content (AvgIpc) is 3.66. The normalized spacial score (nSPS) is 20.2. The smallest absolute Gasteiger partial charge is 0.421 e. The van der Waals surface area contributed by atoms with Crippen LogP contribution in [0.1, 0.15) is 57.7 Å². The Hall–Kier alpha value is -7.25. The van der Waals surface area contributed by atoms with Gasteiger partial charge in [-0.2, -0.15) is 13.2 Å². The molecule has 3 amide bonds. The molecule has 1 atom stereocenters. The molecule has 318 valence electrons. The molecule has 1 N–H and O–H groups in total. The summed E-state index contributed by atoms with van der Waals surface area (Å²) in [6.07, 6.45) is 2.50. The number of pyridine rings is 3. The molecule has 1 unspecified atom stereocenters. The molecular formula is C47H38F3N7O6. The number of fused-ring (bicyclic) bond motifs is 4. The van der Waals surface area contributed by atoms with Crippen molar-refractivity contribution in [2.24, 2.45) is 7.05 Å². The molecule has 0 spiro atoms. The first-order valence-corrected chi connectivity index (χ1v) is 20.4. The highest BCUT2D eigenvalue weighted by Crippen LogP contribution is 2.41. The second kappa shape index (κ2) is 15.6. The highest BCUT2D eigenvalue weighted by Gasteiger charge is 2.44. The zero-order chi connectivity index (χ0) is 43.6. The molecule has 6 aromatic rings. The lowest BCUT2D eigenvalue weighted by molar-refractivity contribution is -0.140. The van der Waals surface area contributed by atoms with E-state index in [0.717, 1.165) is 32.8 Å². The van der Waals surface area contributed by atoms with E-state index in [1.54, 1.807) is 55.0 Å². The van der Waals surface area contributed by atoms with E-state index in [4.69, 9.17) is 14.2 Å². The summed E-state index contributed by atoms with van der Waals surface area (Å²) in [5, 5.41) is 4.56. The lowest BCUT2D eigenvalue weighted by Gasteiger charge is -2.37. The Balaban J connectivity index is 0.685. The predicted octanol–water partition coefficient (Wildman–Crippen LogP) is 6.69. The van der Waals surface area contributed by atoms with Gasteiger partial charge in [-0.05, 0) is 72.9 Å². The van der Waals surface area contributed by atoms with Crippen molar-refractivity contribution < 1.29 is 41.8 Å². The molecule has 3 fully saturated rings. The number of imide groups is 1. The van der Waals surface area contributed by atoms with Crippen molar-refractivity contribution in [1.29, 1.82) is 0 Å². The Morgan fingerprint density at radius 2 is 1.59 bits per heavy atom. The molecule has 1 aliphatic carbocycles. The highest BCUT2D eigenvalue weighted by atomic mass is 19.4. The van der Waals surface area contributed by atoms with E-state index in [-0.39, 0.29) is 23.3 Å². The number of likely N-dealkylation sites (tertiary alicyclic amines) is 1. The van der Waals surface area contributed by atoms with E-state index >= 15 is 0 Å². The van der Waals surface area contributed by atoms with Crippen LogP contribution in [0.4, 0.5) is 13.2 Å². The summed E-state index contributed by atoms with van der Waals surface area (Å²) in [6, 6.07) is 15.9. The molecule has 10 rings (SSSR count). The van der Waals surface area contributed by atoms with Crippen LogP contribution in [0.2, 0.25) is 0 Å². The van der Waals surface area contributed by atoms with Crippen LogP contribution in [0.3, 0.4) is 0 Å². The molecule has 1 saturated carbocycles. The van der Waals surface area contributed by atoms with Crippen LogP contribution in [-0.2, 0) is 18.0 Å². The third-order valence-electron chi connectivity index (χ3n) is 11.9. The van der Waals surface area contributed by atoms with Gasteiger partial charge in [-0.25, -0.2) is 9.97 Å². The first kappa shape index (κ1) is 39.9. The number of aromatic nitrogens is 4. The molecule has 7 heterocycles. The van der Waals surface area contributed by atoms with E-state index < -0.39 is 47.5 Å². The second-order valence-electron chi connectivity index (χ2n) is 16.2. The number of ether oxygens (including phenoxy) is 3. The number of carbonyl (C=O) groups is 3. The standard InChI is InChI=1S/C47H38F3N7O6/c1-26-5-12-41(43(58)54-26)57-45(59)36-11-9-30(20-37(36)46(57)60)61-34-24-56(25-34)15-3-4-29-7-8-31(22-52-29)62-32-18-33(19-32)63-44-39(47(48,49)50)16-28(21-53-44)27-6-10-35-38-23-51-14-13-40(38)55(2)42(35)17-27/h6-11,13-14,16-17,20-23,32-34,41H,1,5,12,15,18-19,24-25H2,2H3,(H,54,58). The quantitative estimate of drug-likeness (QED) is 0.124. The number of rotatable bonds is 9. The van der Waals surface area contributed by atoms with Crippen LogP contribution >= 0.6 is 0 Å². The third kappa shape index (κ3) is 7.58. The van der Waals surface area contributed by atoms with E-state index in [2.05, 4.69) is 43.6 Å². The molecule has 4 aromatic heterocycles. The molecule has 4 aliphatic rings. The second-order valence-corrected chi connectivity index (χ2v) is 16.2. The van der Waals surface area contributed by atoms with Gasteiger partial charge in [-0.3, -0.25) is 29.2 Å². The van der Waals surface area contributed by atoms with Gasteiger partial charge in [0.15, 0.2) is 0 Å². The summed E-state index contributed by atoms with van der Waals surface area (Å²) in [5.41, 5.74) is 3.43. The predicted molar refractivity (Wildman–Crippen MR) is 224 cm³/mol. The van der Waals surface area contributed by atoms with E-state index in [1.165, 1.54) is 6.20 Å². The zero-order valence-electron chi connectivity index (χ0n) is 33.8. The maximum absolute atomic E-state index is 14.3. The number of aryl methyl sites for hydroxylation is 1. The molecule has 0 radical (unpaired) electrons. The fraction of sp³-hybridized carbons (Fsp3) is 0.277. The van der Waals surface area contributed by atoms with Crippen LogP contribution in [0.15, 0.2) is 97.7 Å². The Bertz CT molecular complexity index is 2930. The number of hydrogen-bond donors (Lipinski definition) is 1. The number of benzene rings is 2. The molecule has 16 heteroatoms. The summed E-state index contributed by atoms with van der Waals surface area (Å²) in [5.74, 6) is 5.26. The van der Waals surface area contributed by atoms with Crippen LogP contribution in [0.5, 0.6) is 17.4 Å². The summed E-state index contributed by atoms with van der Waals surface area (Å²) in [6.45, 7) is 5.47. The molecule has 0 bridgehead atoms. The summed E-state index contributed by atoms with van der Waals surface area (Å²) < 4.78 is 62.8. The Morgan fingerprint density at radius 1 is 0.810 bits per heavy atom. The highest BCUT2D eigenvalue weighted by molar-refractivity contribution is 6.23. The van der Waals surface area contributed by atoms with Crippen molar-refractivity contribution >= 4 is 39.5 Å². The molecule has 3 aliphatic heterocycles. The van der Waals surface area contributed by atoms with Crippen molar-refractivity contribution in [2.45, 2.75) is 56.2 Å². The molecule has 13 nitrogen and oxygen atoms in total. The lowest BCUT2D eigenvalue weighted by Crippen LogP contribution is -2.53. The van der Waals surface area contributed by atoms with E-state index in [1.807, 2.05) is 29.8 Å². The number of carbonyl (C=O) groups excluding carboxylic acids is 3. The van der Waals surface area contributed by atoms with Crippen LogP contribution in [0, 0.1) is 11.8 Å². The number of nitrogens with zero attached hydrogens (tertiary/aromatic N) is 6. The number of hydrogen-bond acceptors (Lipinski definition) is 10. The van der Waals surface area contributed by atoms with Gasteiger partial charge in [0.25, 0.3) is 11.8 Å². The monoisotopic (exact) mass is 853 g/mol. The van der Waals surface area contributed by atoms with Gasteiger partial charge in [0.05, 0.1) is 29.4 Å². The maximum atomic E-state index is 14.3. The van der Waals surface area contributed by atoms with Gasteiger partial charge in [0, 0.05) is 79.1 Å². The maximum Gasteiger partial charge on any atom is 0.421 e. The fourth-order valence-electron chi connectivity index (χ4n) is 8.49. The minimum absolute atomic E-state index is 0.126. The van der Waals surface area contributed by atoms with Crippen molar-refractivity contribution in [1.82, 2.24) is 34.6 Å². The summed E-state index contributed by atoms with van der Waals surface area (Å²) >= 11 is 0. The first-order valence-electron chi connectivity index (χ1n) is 20.4. The van der Waals surface area contributed by atoms with Gasteiger partial charge >= 0.3 is 6.18 Å². The summed E-state index contributed by atoms with van der Waals surface area (Å²) in [7, 11) is 1.91. The average molecular weight is 854 g/mol. The van der Waals surface area contributed by atoms with Crippen LogP contribution < -0.4 is 19.5 Å². The topological polar surface area (TPSA) is 141 Å². The molecule has 2 aromatic carbocycles. The number of nitrogens with one attached hydrogen (secondary N) is 1. The Labute approximate surface area is 358 Å². The lowest BCUT2D eigenvalue weighted by atomic mass is 9.92. The third-order valence-corrected chi connectivity index (χ3v) is 11.9. The number of allylic oxidation sites excluding steroid dienone is 1. The number of piperidine rings is 1. The minimum atomic E-state index is -4.68. The number of amides is 3. The van der Waals surface area contributed by atoms with Gasteiger partial charge < -0.3 is 24.1 Å². The Morgan fingerprint density at radius 3 is 2.37 bits per heavy atom. The van der Waals surface area contributed by atoms with Gasteiger partial charge in [0.2, 0.25) is 11.8 Å². The van der Waals surface area contributed by atoms with Crippen molar-refractivity contribution in [3.63, 3.8) is 0 Å². The Kier molecular flexibility index (Phi) is 9.86. The van der Waals surface area contributed by atoms with Crippen molar-refractivity contribution in [2.75, 3.05) is 19.6 Å². The van der Waals surface area contributed by atoms with Gasteiger partial charge in [-0.15, -0.1) is 0 Å². The van der Waals surface area contributed by atoms with Gasteiger partial charge in [0.1, 0.15) is 47.1 Å².